The number of aliphatic hydroxyl groups excluding tert-OH is 1. The molecular weight excluding hydrogens is 322 g/mol. The van der Waals surface area contributed by atoms with E-state index in [1.807, 2.05) is 0 Å². The Labute approximate surface area is 153 Å². The van der Waals surface area contributed by atoms with Crippen molar-refractivity contribution in [2.24, 2.45) is 0 Å². The highest BCUT2D eigenvalue weighted by Gasteiger charge is 2.11. The summed E-state index contributed by atoms with van der Waals surface area (Å²) in [6, 6.07) is 0. The van der Waals surface area contributed by atoms with Crippen molar-refractivity contribution < 1.29 is 24.1 Å². The first-order valence-corrected chi connectivity index (χ1v) is 9.95. The molecule has 0 saturated carbocycles. The molecule has 0 fully saturated rings. The van der Waals surface area contributed by atoms with Crippen LogP contribution >= 0.6 is 0 Å². The molecule has 150 valence electrons. The van der Waals surface area contributed by atoms with Gasteiger partial charge in [-0.1, -0.05) is 33.1 Å². The lowest BCUT2D eigenvalue weighted by atomic mass is 10.2. The van der Waals surface area contributed by atoms with Crippen LogP contribution in [0.4, 0.5) is 0 Å². The van der Waals surface area contributed by atoms with Gasteiger partial charge in [-0.2, -0.15) is 0 Å². The Morgan fingerprint density at radius 2 is 1.60 bits per heavy atom. The Kier molecular flexibility index (Phi) is 19.1. The van der Waals surface area contributed by atoms with Gasteiger partial charge in [0.05, 0.1) is 13.2 Å². The fourth-order valence-electron chi connectivity index (χ4n) is 2.17. The maximum atomic E-state index is 11.7. The molecule has 0 aromatic carbocycles. The standard InChI is InChI=1S/C19H39NO5/c1-3-5-15-24-19(25-16-6-4-2)11-17-23-18(22)10-8-7-9-12-20-13-14-21/h19-21H,3-17H2,1-2H3. The predicted molar refractivity (Wildman–Crippen MR) is 99.5 cm³/mol. The van der Waals surface area contributed by atoms with Crippen molar-refractivity contribution in [3.63, 3.8) is 0 Å². The topological polar surface area (TPSA) is 77.0 Å². The Hall–Kier alpha value is -0.690. The molecule has 2 N–H and O–H groups in total. The molecular formula is C19H39NO5. The zero-order valence-electron chi connectivity index (χ0n) is 16.3. The van der Waals surface area contributed by atoms with Crippen molar-refractivity contribution in [1.82, 2.24) is 5.32 Å². The molecule has 0 amide bonds. The van der Waals surface area contributed by atoms with Crippen molar-refractivity contribution in [2.75, 3.05) is 39.5 Å². The quantitative estimate of drug-likeness (QED) is 0.209. The summed E-state index contributed by atoms with van der Waals surface area (Å²) >= 11 is 0. The van der Waals surface area contributed by atoms with E-state index in [1.54, 1.807) is 0 Å². The van der Waals surface area contributed by atoms with Crippen molar-refractivity contribution in [3.05, 3.63) is 0 Å². The summed E-state index contributed by atoms with van der Waals surface area (Å²) in [5.74, 6) is -0.149. The van der Waals surface area contributed by atoms with Gasteiger partial charge in [0.15, 0.2) is 6.29 Å². The molecule has 0 aromatic rings. The average molecular weight is 362 g/mol. The van der Waals surface area contributed by atoms with Gasteiger partial charge in [0.25, 0.3) is 0 Å². The molecule has 6 nitrogen and oxygen atoms in total. The number of hydrogen-bond acceptors (Lipinski definition) is 6. The van der Waals surface area contributed by atoms with Crippen molar-refractivity contribution in [2.45, 2.75) is 77.9 Å². The summed E-state index contributed by atoms with van der Waals surface area (Å²) in [6.45, 7) is 7.64. The van der Waals surface area contributed by atoms with E-state index in [-0.39, 0.29) is 18.9 Å². The third-order valence-electron chi connectivity index (χ3n) is 3.74. The Balaban J connectivity index is 3.68. The molecule has 0 spiro atoms. The number of rotatable bonds is 19. The highest BCUT2D eigenvalue weighted by Crippen LogP contribution is 2.07. The van der Waals surface area contributed by atoms with Gasteiger partial charge >= 0.3 is 5.97 Å². The van der Waals surface area contributed by atoms with Crippen molar-refractivity contribution in [3.8, 4) is 0 Å². The van der Waals surface area contributed by atoms with Crippen LogP contribution in [0.15, 0.2) is 0 Å². The first-order chi connectivity index (χ1) is 12.2. The van der Waals surface area contributed by atoms with Gasteiger partial charge in [0, 0.05) is 32.6 Å². The molecule has 0 unspecified atom stereocenters. The molecule has 0 saturated heterocycles. The number of nitrogens with one attached hydrogen (secondary N) is 1. The van der Waals surface area contributed by atoms with Crippen molar-refractivity contribution in [1.29, 1.82) is 0 Å². The SMILES string of the molecule is CCCCOC(CCOC(=O)CCCCCNCCO)OCCCC. The van der Waals surface area contributed by atoms with Crippen LogP contribution in [0.2, 0.25) is 0 Å². The normalized spacial score (nSPS) is 11.2. The monoisotopic (exact) mass is 361 g/mol. The molecule has 25 heavy (non-hydrogen) atoms. The second kappa shape index (κ2) is 19.6. The van der Waals surface area contributed by atoms with Gasteiger partial charge in [-0.3, -0.25) is 4.79 Å². The number of unbranched alkanes of at least 4 members (excludes halogenated alkanes) is 4. The Bertz CT molecular complexity index is 279. The number of carbonyl (C=O) groups is 1. The average Bonchev–Trinajstić information content (AvgIpc) is 2.61. The number of ether oxygens (including phenoxy) is 3. The largest absolute Gasteiger partial charge is 0.465 e. The fraction of sp³-hybridized carbons (Fsp3) is 0.947. The minimum atomic E-state index is -0.275. The summed E-state index contributed by atoms with van der Waals surface area (Å²) in [7, 11) is 0. The van der Waals surface area contributed by atoms with Gasteiger partial charge in [-0.25, -0.2) is 0 Å². The van der Waals surface area contributed by atoms with E-state index in [0.29, 0.717) is 39.2 Å². The summed E-state index contributed by atoms with van der Waals surface area (Å²) in [6.07, 6.45) is 7.80. The lowest BCUT2D eigenvalue weighted by Gasteiger charge is -2.18. The summed E-state index contributed by atoms with van der Waals surface area (Å²) in [5.41, 5.74) is 0. The molecule has 0 bridgehead atoms. The molecule has 0 aliphatic heterocycles. The summed E-state index contributed by atoms with van der Waals surface area (Å²) in [5, 5.41) is 11.8. The number of hydrogen-bond donors (Lipinski definition) is 2. The van der Waals surface area contributed by atoms with E-state index < -0.39 is 0 Å². The van der Waals surface area contributed by atoms with Crippen LogP contribution in [0.25, 0.3) is 0 Å². The van der Waals surface area contributed by atoms with E-state index in [9.17, 15) is 4.79 Å². The van der Waals surface area contributed by atoms with E-state index in [1.165, 1.54) is 0 Å². The van der Waals surface area contributed by atoms with Crippen LogP contribution in [0.3, 0.4) is 0 Å². The van der Waals surface area contributed by atoms with Crippen LogP contribution in [-0.2, 0) is 19.0 Å². The lowest BCUT2D eigenvalue weighted by Crippen LogP contribution is -2.22. The maximum Gasteiger partial charge on any atom is 0.305 e. The Morgan fingerprint density at radius 1 is 0.920 bits per heavy atom. The predicted octanol–water partition coefficient (Wildman–Crippen LogP) is 3.02. The Morgan fingerprint density at radius 3 is 2.20 bits per heavy atom. The summed E-state index contributed by atoms with van der Waals surface area (Å²) < 4.78 is 16.7. The minimum absolute atomic E-state index is 0.149. The van der Waals surface area contributed by atoms with E-state index in [4.69, 9.17) is 19.3 Å². The van der Waals surface area contributed by atoms with Crippen molar-refractivity contribution >= 4 is 5.97 Å². The molecule has 0 aliphatic rings. The molecule has 0 rings (SSSR count). The lowest BCUT2D eigenvalue weighted by molar-refractivity contribution is -0.161. The third-order valence-corrected chi connectivity index (χ3v) is 3.74. The van der Waals surface area contributed by atoms with Crippen LogP contribution in [0.5, 0.6) is 0 Å². The molecule has 6 heteroatoms. The number of aliphatic hydroxyl groups is 1. The van der Waals surface area contributed by atoms with Gasteiger partial charge in [0.1, 0.15) is 0 Å². The van der Waals surface area contributed by atoms with E-state index in [0.717, 1.165) is 51.5 Å². The first-order valence-electron chi connectivity index (χ1n) is 9.95. The van der Waals surface area contributed by atoms with Gasteiger partial charge < -0.3 is 24.6 Å². The summed E-state index contributed by atoms with van der Waals surface area (Å²) in [4.78, 5) is 11.7. The van der Waals surface area contributed by atoms with Crippen LogP contribution in [-0.4, -0.2) is 56.9 Å². The molecule has 0 heterocycles. The second-order valence-corrected chi connectivity index (χ2v) is 6.17. The minimum Gasteiger partial charge on any atom is -0.465 e. The van der Waals surface area contributed by atoms with Crippen LogP contribution in [0, 0.1) is 0 Å². The highest BCUT2D eigenvalue weighted by molar-refractivity contribution is 5.69. The van der Waals surface area contributed by atoms with Gasteiger partial charge in [-0.15, -0.1) is 0 Å². The zero-order valence-corrected chi connectivity index (χ0v) is 16.3. The fourth-order valence-corrected chi connectivity index (χ4v) is 2.17. The molecule has 0 aromatic heterocycles. The highest BCUT2D eigenvalue weighted by atomic mass is 16.7. The number of esters is 1. The molecule has 0 radical (unpaired) electrons. The second-order valence-electron chi connectivity index (χ2n) is 6.17. The maximum absolute atomic E-state index is 11.7. The number of carbonyl (C=O) groups excluding carboxylic acids is 1. The first kappa shape index (κ1) is 24.3. The third kappa shape index (κ3) is 17.9. The smallest absolute Gasteiger partial charge is 0.305 e. The molecule has 0 aliphatic carbocycles. The van der Waals surface area contributed by atoms with E-state index >= 15 is 0 Å². The van der Waals surface area contributed by atoms with Crippen LogP contribution in [0.1, 0.15) is 71.6 Å². The van der Waals surface area contributed by atoms with Gasteiger partial charge in [0.2, 0.25) is 0 Å². The van der Waals surface area contributed by atoms with Gasteiger partial charge in [-0.05, 0) is 32.2 Å². The van der Waals surface area contributed by atoms with Crippen LogP contribution < -0.4 is 5.32 Å². The zero-order chi connectivity index (χ0) is 18.6. The molecule has 0 atom stereocenters. The van der Waals surface area contributed by atoms with E-state index in [2.05, 4.69) is 19.2 Å².